The van der Waals surface area contributed by atoms with E-state index in [0.717, 1.165) is 28.4 Å². The summed E-state index contributed by atoms with van der Waals surface area (Å²) in [5.74, 6) is 2.43. The van der Waals surface area contributed by atoms with Crippen LogP contribution in [0.15, 0.2) is 186 Å². The van der Waals surface area contributed by atoms with E-state index in [1.807, 2.05) is 0 Å². The van der Waals surface area contributed by atoms with Gasteiger partial charge >= 0.3 is 0 Å². The summed E-state index contributed by atoms with van der Waals surface area (Å²) in [6.07, 6.45) is 9.29. The Morgan fingerprint density at radius 1 is 0.500 bits per heavy atom. The summed E-state index contributed by atoms with van der Waals surface area (Å²) in [5, 5.41) is 1.18. The Morgan fingerprint density at radius 3 is 1.67 bits per heavy atom. The molecule has 52 heavy (non-hydrogen) atoms. The summed E-state index contributed by atoms with van der Waals surface area (Å²) < 4.78 is 6.99. The zero-order valence-electron chi connectivity index (χ0n) is 29.4. The molecule has 1 heterocycles. The largest absolute Gasteiger partial charge is 0.456 e. The van der Waals surface area contributed by atoms with Crippen molar-refractivity contribution >= 4 is 33.6 Å². The lowest BCUT2D eigenvalue weighted by molar-refractivity contribution is 0.467. The normalized spacial score (nSPS) is 19.9. The van der Waals surface area contributed by atoms with Crippen LogP contribution in [-0.2, 0) is 0 Å². The van der Waals surface area contributed by atoms with E-state index in [1.54, 1.807) is 0 Å². The van der Waals surface area contributed by atoms with Crippen LogP contribution in [0.25, 0.3) is 38.8 Å². The Morgan fingerprint density at radius 2 is 1.04 bits per heavy atom. The smallest absolute Gasteiger partial charge is 0.139 e. The van der Waals surface area contributed by atoms with Crippen LogP contribution in [0, 0.1) is 11.8 Å². The van der Waals surface area contributed by atoms with Crippen LogP contribution in [0.4, 0.5) is 17.1 Å². The van der Waals surface area contributed by atoms with E-state index in [4.69, 9.17) is 4.42 Å². The molecule has 0 amide bonds. The van der Waals surface area contributed by atoms with Crippen molar-refractivity contribution in [3.8, 4) is 22.3 Å². The van der Waals surface area contributed by atoms with Crippen molar-refractivity contribution in [1.82, 2.24) is 0 Å². The van der Waals surface area contributed by atoms with Gasteiger partial charge in [-0.3, -0.25) is 0 Å². The Balaban J connectivity index is 1.15. The molecular weight excluding hydrogens is 631 g/mol. The third kappa shape index (κ3) is 4.86. The van der Waals surface area contributed by atoms with Gasteiger partial charge in [0.15, 0.2) is 0 Å². The van der Waals surface area contributed by atoms with E-state index in [9.17, 15) is 0 Å². The zero-order valence-corrected chi connectivity index (χ0v) is 29.4. The summed E-state index contributed by atoms with van der Waals surface area (Å²) in [7, 11) is 0. The number of rotatable bonds is 5. The van der Waals surface area contributed by atoms with Gasteiger partial charge in [-0.2, -0.15) is 0 Å². The molecule has 0 saturated heterocycles. The average molecular weight is 670 g/mol. The molecule has 0 saturated carbocycles. The average Bonchev–Trinajstić information content (AvgIpc) is 3.60. The fraction of sp³-hybridized carbons (Fsp3) is 0.120. The van der Waals surface area contributed by atoms with Crippen molar-refractivity contribution in [3.05, 3.63) is 204 Å². The number of benzene rings is 6. The van der Waals surface area contributed by atoms with E-state index in [2.05, 4.69) is 195 Å². The first-order valence-corrected chi connectivity index (χ1v) is 18.5. The molecular formula is C50H39NO. The molecule has 2 nitrogen and oxygen atoms in total. The number of allylic oxidation sites excluding steroid dienone is 5. The predicted molar refractivity (Wildman–Crippen MR) is 216 cm³/mol. The summed E-state index contributed by atoms with van der Waals surface area (Å²) >= 11 is 0. The third-order valence-electron chi connectivity index (χ3n) is 11.7. The Labute approximate surface area is 305 Å². The van der Waals surface area contributed by atoms with Crippen molar-refractivity contribution < 1.29 is 4.42 Å². The van der Waals surface area contributed by atoms with Gasteiger partial charge in [0.25, 0.3) is 0 Å². The molecule has 4 atom stereocenters. The maximum absolute atomic E-state index is 6.99. The van der Waals surface area contributed by atoms with Gasteiger partial charge in [-0.1, -0.05) is 147 Å². The van der Waals surface area contributed by atoms with Gasteiger partial charge in [0.1, 0.15) is 11.3 Å². The summed E-state index contributed by atoms with van der Waals surface area (Å²) in [5.41, 5.74) is 15.9. The van der Waals surface area contributed by atoms with Gasteiger partial charge in [0, 0.05) is 45.4 Å². The molecule has 0 aliphatic heterocycles. The highest BCUT2D eigenvalue weighted by molar-refractivity contribution is 5.98. The van der Waals surface area contributed by atoms with Crippen LogP contribution in [0.1, 0.15) is 48.1 Å². The first-order chi connectivity index (χ1) is 25.6. The Kier molecular flexibility index (Phi) is 7.25. The first-order valence-electron chi connectivity index (χ1n) is 18.5. The van der Waals surface area contributed by atoms with E-state index in [0.29, 0.717) is 17.8 Å². The Hall–Kier alpha value is -6.12. The number of fused-ring (bicyclic) bond motifs is 9. The highest BCUT2D eigenvalue weighted by atomic mass is 16.3. The van der Waals surface area contributed by atoms with Crippen LogP contribution in [-0.4, -0.2) is 0 Å². The number of nitrogens with zero attached hydrogens (tertiary/aromatic N) is 1. The zero-order chi connectivity index (χ0) is 34.8. The fourth-order valence-corrected chi connectivity index (χ4v) is 9.02. The van der Waals surface area contributed by atoms with Crippen molar-refractivity contribution in [2.75, 3.05) is 4.90 Å². The number of anilines is 3. The minimum Gasteiger partial charge on any atom is -0.456 e. The van der Waals surface area contributed by atoms with Crippen molar-refractivity contribution in [2.24, 2.45) is 11.8 Å². The quantitative estimate of drug-likeness (QED) is 0.181. The molecule has 0 N–H and O–H groups in total. The summed E-state index contributed by atoms with van der Waals surface area (Å²) in [6.45, 7) is 4.80. The number of hydrogen-bond donors (Lipinski definition) is 0. The highest BCUT2D eigenvalue weighted by Crippen LogP contribution is 2.58. The maximum atomic E-state index is 6.99. The molecule has 0 spiro atoms. The molecule has 6 aromatic carbocycles. The topological polar surface area (TPSA) is 16.4 Å². The molecule has 250 valence electrons. The molecule has 2 heteroatoms. The monoisotopic (exact) mass is 669 g/mol. The molecule has 3 aliphatic carbocycles. The molecule has 7 aromatic rings. The van der Waals surface area contributed by atoms with E-state index in [1.165, 1.54) is 55.5 Å². The Bertz CT molecular complexity index is 2450. The summed E-state index contributed by atoms with van der Waals surface area (Å²) in [4.78, 5) is 2.38. The fourth-order valence-electron chi connectivity index (χ4n) is 9.02. The second-order valence-corrected chi connectivity index (χ2v) is 14.5. The highest BCUT2D eigenvalue weighted by Gasteiger charge is 2.44. The van der Waals surface area contributed by atoms with Crippen molar-refractivity contribution in [3.63, 3.8) is 0 Å². The van der Waals surface area contributed by atoms with Crippen LogP contribution >= 0.6 is 0 Å². The minimum atomic E-state index is 0.221. The van der Waals surface area contributed by atoms with Crippen molar-refractivity contribution in [2.45, 2.75) is 25.7 Å². The lowest BCUT2D eigenvalue weighted by Gasteiger charge is -2.42. The lowest BCUT2D eigenvalue weighted by atomic mass is 9.61. The third-order valence-corrected chi connectivity index (χ3v) is 11.7. The van der Waals surface area contributed by atoms with Crippen LogP contribution in [0.2, 0.25) is 0 Å². The molecule has 0 fully saturated rings. The first kappa shape index (κ1) is 30.7. The molecule has 3 aliphatic rings. The second-order valence-electron chi connectivity index (χ2n) is 14.5. The van der Waals surface area contributed by atoms with Crippen LogP contribution in [0.5, 0.6) is 0 Å². The second kappa shape index (κ2) is 12.3. The maximum Gasteiger partial charge on any atom is 0.139 e. The SMILES string of the molecule is CC1C2=C(c3ccccc3C1C)c1oc3ccc(N(c4ccc(-c5ccccc5)cc4)c4ccc(-c5ccccc5)cc4)cc3c1C1C=CC=CC21. The van der Waals surface area contributed by atoms with Gasteiger partial charge in [-0.05, 0) is 93.3 Å². The van der Waals surface area contributed by atoms with Gasteiger partial charge in [-0.15, -0.1) is 0 Å². The van der Waals surface area contributed by atoms with E-state index in [-0.39, 0.29) is 5.92 Å². The standard InChI is InChI=1S/C50H39NO/c1-32-33(2)47-43-19-11-12-20-44(43)48-45-31-40(29-30-46(45)52-50(48)49(47)42-18-10-9-17-41(32)42)51(38-25-21-36(22-26-38)34-13-5-3-6-14-34)39-27-23-37(24-28-39)35-15-7-4-8-16-35/h3-33,43-44H,1-2H3. The molecule has 10 rings (SSSR count). The molecule has 0 bridgehead atoms. The van der Waals surface area contributed by atoms with E-state index >= 15 is 0 Å². The number of furan rings is 1. The van der Waals surface area contributed by atoms with Gasteiger partial charge in [0.2, 0.25) is 0 Å². The van der Waals surface area contributed by atoms with Gasteiger partial charge in [0.05, 0.1) is 0 Å². The van der Waals surface area contributed by atoms with E-state index < -0.39 is 0 Å². The number of hydrogen-bond acceptors (Lipinski definition) is 2. The van der Waals surface area contributed by atoms with Gasteiger partial charge < -0.3 is 9.32 Å². The lowest BCUT2D eigenvalue weighted by Crippen LogP contribution is -2.29. The summed E-state index contributed by atoms with van der Waals surface area (Å²) in [6, 6.07) is 54.8. The van der Waals surface area contributed by atoms with Crippen molar-refractivity contribution in [1.29, 1.82) is 0 Å². The molecule has 1 aromatic heterocycles. The predicted octanol–water partition coefficient (Wildman–Crippen LogP) is 13.6. The van der Waals surface area contributed by atoms with Crippen LogP contribution in [0.3, 0.4) is 0 Å². The van der Waals surface area contributed by atoms with Crippen LogP contribution < -0.4 is 4.90 Å². The molecule has 0 radical (unpaired) electrons. The molecule has 4 unspecified atom stereocenters. The minimum absolute atomic E-state index is 0.221. The van der Waals surface area contributed by atoms with Gasteiger partial charge in [-0.25, -0.2) is 0 Å².